The van der Waals surface area contributed by atoms with Gasteiger partial charge in [-0.25, -0.2) is 30.7 Å². The van der Waals surface area contributed by atoms with E-state index in [1.54, 1.807) is 0 Å². The topological polar surface area (TPSA) is 118 Å². The Morgan fingerprint density at radius 2 is 1.85 bits per heavy atom. The number of nitrogens with two attached hydrogens (primary N) is 1. The van der Waals surface area contributed by atoms with Gasteiger partial charge in [-0.2, -0.15) is 0 Å². The average Bonchev–Trinajstić information content (AvgIpc) is 2.34. The highest BCUT2D eigenvalue weighted by Gasteiger charge is 2.18. The molecule has 4 N–H and O–H groups in total. The molecule has 0 heterocycles. The SMILES string of the molecule is CNS(=O)(=O)CCNS(=O)(=O)c1cc(C)c(F)c(N)c1. The fourth-order valence-corrected chi connectivity index (χ4v) is 3.27. The molecule has 7 nitrogen and oxygen atoms in total. The van der Waals surface area contributed by atoms with E-state index in [4.69, 9.17) is 5.73 Å². The Morgan fingerprint density at radius 1 is 1.25 bits per heavy atom. The van der Waals surface area contributed by atoms with Gasteiger partial charge in [0, 0.05) is 6.54 Å². The van der Waals surface area contributed by atoms with E-state index in [1.807, 2.05) is 0 Å². The molecule has 0 aliphatic rings. The highest BCUT2D eigenvalue weighted by atomic mass is 32.2. The molecule has 0 unspecified atom stereocenters. The quantitative estimate of drug-likeness (QED) is 0.612. The molecular formula is C10H16FN3O4S2. The molecule has 0 aromatic heterocycles. The number of anilines is 1. The van der Waals surface area contributed by atoms with E-state index in [9.17, 15) is 21.2 Å². The highest BCUT2D eigenvalue weighted by Crippen LogP contribution is 2.20. The first-order valence-corrected chi connectivity index (χ1v) is 8.69. The molecule has 0 saturated carbocycles. The summed E-state index contributed by atoms with van der Waals surface area (Å²) >= 11 is 0. The van der Waals surface area contributed by atoms with E-state index in [2.05, 4.69) is 9.44 Å². The summed E-state index contributed by atoms with van der Waals surface area (Å²) in [5.41, 5.74) is 5.17. The predicted molar refractivity (Wildman–Crippen MR) is 73.6 cm³/mol. The van der Waals surface area contributed by atoms with Crippen molar-refractivity contribution in [2.75, 3.05) is 25.1 Å². The number of sulfonamides is 2. The van der Waals surface area contributed by atoms with Gasteiger partial charge < -0.3 is 5.73 Å². The molecule has 0 fully saturated rings. The van der Waals surface area contributed by atoms with Crippen molar-refractivity contribution in [2.24, 2.45) is 0 Å². The number of hydrogen-bond acceptors (Lipinski definition) is 5. The van der Waals surface area contributed by atoms with E-state index in [-0.39, 0.29) is 22.7 Å². The lowest BCUT2D eigenvalue weighted by Crippen LogP contribution is -2.33. The summed E-state index contributed by atoms with van der Waals surface area (Å²) < 4.78 is 63.7. The Kier molecular flexibility index (Phi) is 5.08. The second kappa shape index (κ2) is 6.04. The van der Waals surface area contributed by atoms with Gasteiger partial charge in [0.1, 0.15) is 5.82 Å². The molecule has 1 aromatic rings. The smallest absolute Gasteiger partial charge is 0.240 e. The summed E-state index contributed by atoms with van der Waals surface area (Å²) in [4.78, 5) is -0.212. The minimum atomic E-state index is -3.94. The van der Waals surface area contributed by atoms with Gasteiger partial charge in [-0.1, -0.05) is 0 Å². The van der Waals surface area contributed by atoms with Gasteiger partial charge in [-0.15, -0.1) is 0 Å². The third kappa shape index (κ3) is 4.13. The molecule has 0 spiro atoms. The van der Waals surface area contributed by atoms with Gasteiger partial charge >= 0.3 is 0 Å². The van der Waals surface area contributed by atoms with E-state index in [0.717, 1.165) is 12.1 Å². The van der Waals surface area contributed by atoms with Crippen molar-refractivity contribution in [3.8, 4) is 0 Å². The van der Waals surface area contributed by atoms with Crippen LogP contribution in [0.3, 0.4) is 0 Å². The molecule has 0 bridgehead atoms. The minimum Gasteiger partial charge on any atom is -0.396 e. The molecule has 0 atom stereocenters. The molecule has 0 aliphatic heterocycles. The molecule has 0 aliphatic carbocycles. The van der Waals surface area contributed by atoms with Crippen molar-refractivity contribution in [3.63, 3.8) is 0 Å². The lowest BCUT2D eigenvalue weighted by Gasteiger charge is -2.09. The molecule has 1 aromatic carbocycles. The summed E-state index contributed by atoms with van der Waals surface area (Å²) in [5.74, 6) is -1.08. The van der Waals surface area contributed by atoms with Crippen LogP contribution >= 0.6 is 0 Å². The van der Waals surface area contributed by atoms with E-state index < -0.39 is 31.6 Å². The first-order valence-electron chi connectivity index (χ1n) is 5.55. The number of aryl methyl sites for hydroxylation is 1. The molecule has 0 radical (unpaired) electrons. The van der Waals surface area contributed by atoms with E-state index in [0.29, 0.717) is 0 Å². The zero-order chi connectivity index (χ0) is 15.6. The fourth-order valence-electron chi connectivity index (χ4n) is 1.41. The summed E-state index contributed by atoms with van der Waals surface area (Å²) in [6.45, 7) is 1.08. The number of hydrogen-bond donors (Lipinski definition) is 3. The highest BCUT2D eigenvalue weighted by molar-refractivity contribution is 7.90. The predicted octanol–water partition coefficient (Wildman–Crippen LogP) is -0.456. The molecule has 0 amide bonds. The van der Waals surface area contributed by atoms with Crippen molar-refractivity contribution in [2.45, 2.75) is 11.8 Å². The van der Waals surface area contributed by atoms with Crippen molar-refractivity contribution in [1.82, 2.24) is 9.44 Å². The Labute approximate surface area is 117 Å². The van der Waals surface area contributed by atoms with Gasteiger partial charge in [0.2, 0.25) is 20.0 Å². The standard InChI is InChI=1S/C10H16FN3O4S2/c1-7-5-8(6-9(12)10(7)11)20(17,18)14-3-4-19(15,16)13-2/h5-6,13-14H,3-4,12H2,1-2H3. The first-order chi connectivity index (χ1) is 9.09. The molecule has 114 valence electrons. The largest absolute Gasteiger partial charge is 0.396 e. The Hall–Kier alpha value is -1.23. The molecule has 1 rings (SSSR count). The van der Waals surface area contributed by atoms with Gasteiger partial charge in [-0.3, -0.25) is 0 Å². The maximum Gasteiger partial charge on any atom is 0.240 e. The normalized spacial score (nSPS) is 12.6. The second-order valence-electron chi connectivity index (χ2n) is 4.06. The van der Waals surface area contributed by atoms with Crippen molar-refractivity contribution in [1.29, 1.82) is 0 Å². The zero-order valence-electron chi connectivity index (χ0n) is 11.0. The number of nitrogen functional groups attached to an aromatic ring is 1. The van der Waals surface area contributed by atoms with E-state index in [1.165, 1.54) is 14.0 Å². The molecular weight excluding hydrogens is 309 g/mol. The van der Waals surface area contributed by atoms with Crippen molar-refractivity contribution < 1.29 is 21.2 Å². The lowest BCUT2D eigenvalue weighted by atomic mass is 10.2. The van der Waals surface area contributed by atoms with Crippen LogP contribution in [0.4, 0.5) is 10.1 Å². The monoisotopic (exact) mass is 325 g/mol. The number of benzene rings is 1. The summed E-state index contributed by atoms with van der Waals surface area (Å²) in [7, 11) is -6.22. The van der Waals surface area contributed by atoms with Crippen LogP contribution in [0.2, 0.25) is 0 Å². The average molecular weight is 325 g/mol. The lowest BCUT2D eigenvalue weighted by molar-refractivity contribution is 0.578. The van der Waals surface area contributed by atoms with Crippen LogP contribution in [0, 0.1) is 12.7 Å². The number of halogens is 1. The van der Waals surface area contributed by atoms with Gasteiger partial charge in [0.05, 0.1) is 16.3 Å². The third-order valence-corrected chi connectivity index (χ3v) is 5.34. The van der Waals surface area contributed by atoms with Crippen molar-refractivity contribution in [3.05, 3.63) is 23.5 Å². The van der Waals surface area contributed by atoms with Crippen LogP contribution in [0.5, 0.6) is 0 Å². The third-order valence-electron chi connectivity index (χ3n) is 2.54. The van der Waals surface area contributed by atoms with Crippen LogP contribution in [0.25, 0.3) is 0 Å². The Morgan fingerprint density at radius 3 is 2.35 bits per heavy atom. The van der Waals surface area contributed by atoms with Crippen molar-refractivity contribution >= 4 is 25.7 Å². The van der Waals surface area contributed by atoms with Gasteiger partial charge in [0.15, 0.2) is 0 Å². The van der Waals surface area contributed by atoms with Gasteiger partial charge in [-0.05, 0) is 31.7 Å². The van der Waals surface area contributed by atoms with Crippen LogP contribution in [-0.4, -0.2) is 36.2 Å². The second-order valence-corrected chi connectivity index (χ2v) is 7.88. The van der Waals surface area contributed by atoms with Gasteiger partial charge in [0.25, 0.3) is 0 Å². The number of rotatable bonds is 6. The molecule has 20 heavy (non-hydrogen) atoms. The fraction of sp³-hybridized carbons (Fsp3) is 0.400. The zero-order valence-corrected chi connectivity index (χ0v) is 12.6. The molecule has 10 heteroatoms. The summed E-state index contributed by atoms with van der Waals surface area (Å²) in [6, 6.07) is 2.11. The number of nitrogens with one attached hydrogen (secondary N) is 2. The van der Waals surface area contributed by atoms with Crippen LogP contribution < -0.4 is 15.2 Å². The first kappa shape index (κ1) is 16.8. The summed E-state index contributed by atoms with van der Waals surface area (Å²) in [6.07, 6.45) is 0. The Bertz CT molecular complexity index is 678. The van der Waals surface area contributed by atoms with Crippen LogP contribution in [0.15, 0.2) is 17.0 Å². The molecule has 0 saturated heterocycles. The van der Waals surface area contributed by atoms with Crippen LogP contribution in [-0.2, 0) is 20.0 Å². The Balaban J connectivity index is 2.90. The van der Waals surface area contributed by atoms with Crippen LogP contribution in [0.1, 0.15) is 5.56 Å². The maximum atomic E-state index is 13.3. The van der Waals surface area contributed by atoms with E-state index >= 15 is 0 Å². The maximum absolute atomic E-state index is 13.3. The minimum absolute atomic E-state index is 0.0909. The summed E-state index contributed by atoms with van der Waals surface area (Å²) in [5, 5.41) is 0.